The van der Waals surface area contributed by atoms with Gasteiger partial charge in [-0.05, 0) is 5.92 Å². The van der Waals surface area contributed by atoms with Crippen LogP contribution in [0.1, 0.15) is 32.5 Å². The molecule has 0 aromatic carbocycles. The van der Waals surface area contributed by atoms with Crippen LogP contribution in [0.3, 0.4) is 0 Å². The van der Waals surface area contributed by atoms with Gasteiger partial charge in [-0.1, -0.05) is 19.0 Å². The highest BCUT2D eigenvalue weighted by Crippen LogP contribution is 2.12. The van der Waals surface area contributed by atoms with Gasteiger partial charge in [-0.15, -0.1) is 0 Å². The van der Waals surface area contributed by atoms with Crippen LogP contribution in [0.15, 0.2) is 4.52 Å². The van der Waals surface area contributed by atoms with Crippen molar-refractivity contribution in [2.24, 2.45) is 5.92 Å². The maximum absolute atomic E-state index is 10.9. The SMILES string of the molecule is CC(=O)N[C@@H](CSCc1noc(CC(C)C)n1)C(=O)O. The molecular formula is C12H19N3O4S. The fourth-order valence-electron chi connectivity index (χ4n) is 1.47. The van der Waals surface area contributed by atoms with Gasteiger partial charge in [0.2, 0.25) is 11.8 Å². The van der Waals surface area contributed by atoms with Crippen molar-refractivity contribution in [3.8, 4) is 0 Å². The second kappa shape index (κ2) is 7.88. The topological polar surface area (TPSA) is 105 Å². The predicted octanol–water partition coefficient (Wildman–Crippen LogP) is 1.09. The van der Waals surface area contributed by atoms with Gasteiger partial charge >= 0.3 is 5.97 Å². The lowest BCUT2D eigenvalue weighted by Crippen LogP contribution is -2.41. The van der Waals surface area contributed by atoms with Crippen LogP contribution < -0.4 is 5.32 Å². The van der Waals surface area contributed by atoms with E-state index in [2.05, 4.69) is 29.3 Å². The van der Waals surface area contributed by atoms with Crippen molar-refractivity contribution in [3.05, 3.63) is 11.7 Å². The number of hydrogen-bond donors (Lipinski definition) is 2. The average molecular weight is 301 g/mol. The Bertz CT molecular complexity index is 461. The number of nitrogens with zero attached hydrogens (tertiary/aromatic N) is 2. The van der Waals surface area contributed by atoms with Crippen molar-refractivity contribution >= 4 is 23.6 Å². The largest absolute Gasteiger partial charge is 0.480 e. The Morgan fingerprint density at radius 2 is 2.15 bits per heavy atom. The number of thioether (sulfide) groups is 1. The van der Waals surface area contributed by atoms with Crippen molar-refractivity contribution in [3.63, 3.8) is 0 Å². The second-order valence-corrected chi connectivity index (χ2v) is 5.84. The summed E-state index contributed by atoms with van der Waals surface area (Å²) in [6, 6.07) is -0.903. The van der Waals surface area contributed by atoms with Crippen LogP contribution in [0.25, 0.3) is 0 Å². The van der Waals surface area contributed by atoms with E-state index in [9.17, 15) is 9.59 Å². The smallest absolute Gasteiger partial charge is 0.327 e. The molecule has 0 bridgehead atoms. The first-order chi connectivity index (χ1) is 9.38. The van der Waals surface area contributed by atoms with Crippen LogP contribution in [0, 0.1) is 5.92 Å². The summed E-state index contributed by atoms with van der Waals surface area (Å²) in [5.41, 5.74) is 0. The van der Waals surface area contributed by atoms with Gasteiger partial charge in [0.25, 0.3) is 0 Å². The van der Waals surface area contributed by atoms with E-state index in [1.54, 1.807) is 0 Å². The van der Waals surface area contributed by atoms with E-state index in [1.807, 2.05) is 0 Å². The summed E-state index contributed by atoms with van der Waals surface area (Å²) in [6.45, 7) is 5.41. The minimum atomic E-state index is -1.05. The Kier molecular flexibility index (Phi) is 6.50. The summed E-state index contributed by atoms with van der Waals surface area (Å²) in [4.78, 5) is 26.0. The molecule has 1 heterocycles. The summed E-state index contributed by atoms with van der Waals surface area (Å²) in [7, 11) is 0. The molecule has 0 aliphatic heterocycles. The minimum Gasteiger partial charge on any atom is -0.480 e. The zero-order chi connectivity index (χ0) is 15.1. The van der Waals surface area contributed by atoms with Crippen LogP contribution in [0.4, 0.5) is 0 Å². The van der Waals surface area contributed by atoms with Crippen LogP contribution in [0.5, 0.6) is 0 Å². The molecule has 0 fully saturated rings. The molecule has 0 saturated carbocycles. The number of hydrogen-bond acceptors (Lipinski definition) is 6. The first-order valence-corrected chi connectivity index (χ1v) is 7.43. The molecule has 0 aliphatic carbocycles. The lowest BCUT2D eigenvalue weighted by atomic mass is 10.1. The zero-order valence-electron chi connectivity index (χ0n) is 11.8. The molecule has 0 aliphatic rings. The number of carbonyl (C=O) groups excluding carboxylic acids is 1. The second-order valence-electron chi connectivity index (χ2n) is 4.81. The lowest BCUT2D eigenvalue weighted by molar-refractivity contribution is -0.140. The standard InChI is InChI=1S/C12H19N3O4S/c1-7(2)4-11-14-10(15-19-11)6-20-5-9(12(17)18)13-8(3)16/h7,9H,4-6H2,1-3H3,(H,13,16)(H,17,18)/t9-/m0/s1. The first-order valence-electron chi connectivity index (χ1n) is 6.27. The molecule has 8 heteroatoms. The van der Waals surface area contributed by atoms with Crippen molar-refractivity contribution < 1.29 is 19.2 Å². The van der Waals surface area contributed by atoms with E-state index in [0.29, 0.717) is 23.4 Å². The number of carbonyl (C=O) groups is 2. The third-order valence-electron chi connectivity index (χ3n) is 2.28. The minimum absolute atomic E-state index is 0.253. The number of carboxylic acid groups (broad SMARTS) is 1. The number of nitrogens with one attached hydrogen (secondary N) is 1. The van der Waals surface area contributed by atoms with Gasteiger partial charge in [-0.25, -0.2) is 4.79 Å². The van der Waals surface area contributed by atoms with Gasteiger partial charge in [0.15, 0.2) is 5.82 Å². The van der Waals surface area contributed by atoms with E-state index in [4.69, 9.17) is 9.63 Å². The van der Waals surface area contributed by atoms with Gasteiger partial charge in [-0.2, -0.15) is 16.7 Å². The third-order valence-corrected chi connectivity index (χ3v) is 3.32. The quantitative estimate of drug-likeness (QED) is 0.740. The van der Waals surface area contributed by atoms with Crippen molar-refractivity contribution in [1.82, 2.24) is 15.5 Å². The molecule has 0 spiro atoms. The highest BCUT2D eigenvalue weighted by atomic mass is 32.2. The van der Waals surface area contributed by atoms with Gasteiger partial charge in [0.05, 0.1) is 5.75 Å². The predicted molar refractivity (Wildman–Crippen MR) is 74.2 cm³/mol. The van der Waals surface area contributed by atoms with E-state index in [-0.39, 0.29) is 11.7 Å². The normalized spacial score (nSPS) is 12.4. The highest BCUT2D eigenvalue weighted by molar-refractivity contribution is 7.98. The van der Waals surface area contributed by atoms with Crippen LogP contribution in [-0.2, 0) is 21.8 Å². The van der Waals surface area contributed by atoms with E-state index in [1.165, 1.54) is 18.7 Å². The molecule has 1 aromatic heterocycles. The van der Waals surface area contributed by atoms with E-state index < -0.39 is 12.0 Å². The third kappa shape index (κ3) is 6.05. The molecular weight excluding hydrogens is 282 g/mol. The number of carboxylic acids is 1. The molecule has 0 saturated heterocycles. The summed E-state index contributed by atoms with van der Waals surface area (Å²) in [5.74, 6) is 0.851. The van der Waals surface area contributed by atoms with E-state index >= 15 is 0 Å². The fraction of sp³-hybridized carbons (Fsp3) is 0.667. The van der Waals surface area contributed by atoms with Crippen molar-refractivity contribution in [2.75, 3.05) is 5.75 Å². The summed E-state index contributed by atoms with van der Waals surface area (Å²) in [6.07, 6.45) is 0.724. The number of aromatic nitrogens is 2. The van der Waals surface area contributed by atoms with Crippen molar-refractivity contribution in [2.45, 2.75) is 39.0 Å². The van der Waals surface area contributed by atoms with Crippen LogP contribution in [0.2, 0.25) is 0 Å². The fourth-order valence-corrected chi connectivity index (χ4v) is 2.35. The molecule has 7 nitrogen and oxygen atoms in total. The number of rotatable bonds is 8. The molecule has 1 amide bonds. The zero-order valence-corrected chi connectivity index (χ0v) is 12.6. The highest BCUT2D eigenvalue weighted by Gasteiger charge is 2.18. The summed E-state index contributed by atoms with van der Waals surface area (Å²) >= 11 is 1.34. The Hall–Kier alpha value is -1.57. The molecule has 1 rings (SSSR count). The monoisotopic (exact) mass is 301 g/mol. The Labute approximate surface area is 121 Å². The molecule has 20 heavy (non-hydrogen) atoms. The van der Waals surface area contributed by atoms with Crippen LogP contribution in [-0.4, -0.2) is 38.9 Å². The van der Waals surface area contributed by atoms with E-state index in [0.717, 1.165) is 6.42 Å². The average Bonchev–Trinajstić information content (AvgIpc) is 2.73. The Balaban J connectivity index is 2.40. The molecule has 2 N–H and O–H groups in total. The number of aliphatic carboxylic acids is 1. The number of amides is 1. The first kappa shape index (κ1) is 16.5. The molecule has 1 atom stereocenters. The van der Waals surface area contributed by atoms with Gasteiger partial charge < -0.3 is 14.9 Å². The van der Waals surface area contributed by atoms with Gasteiger partial charge in [0, 0.05) is 19.1 Å². The Morgan fingerprint density at radius 3 is 2.70 bits per heavy atom. The maximum Gasteiger partial charge on any atom is 0.327 e. The summed E-state index contributed by atoms with van der Waals surface area (Å²) < 4.78 is 5.08. The van der Waals surface area contributed by atoms with Crippen LogP contribution >= 0.6 is 11.8 Å². The van der Waals surface area contributed by atoms with Crippen molar-refractivity contribution in [1.29, 1.82) is 0 Å². The Morgan fingerprint density at radius 1 is 1.45 bits per heavy atom. The summed E-state index contributed by atoms with van der Waals surface area (Å²) in [5, 5.41) is 15.1. The lowest BCUT2D eigenvalue weighted by Gasteiger charge is -2.11. The molecule has 112 valence electrons. The maximum atomic E-state index is 10.9. The molecule has 1 aromatic rings. The van der Waals surface area contributed by atoms with Gasteiger partial charge in [-0.3, -0.25) is 4.79 Å². The molecule has 0 unspecified atom stereocenters. The molecule has 0 radical (unpaired) electrons. The van der Waals surface area contributed by atoms with Gasteiger partial charge in [0.1, 0.15) is 6.04 Å².